The molecule has 0 radical (unpaired) electrons. The lowest BCUT2D eigenvalue weighted by Crippen LogP contribution is -2.49. The van der Waals surface area contributed by atoms with Crippen molar-refractivity contribution in [2.75, 3.05) is 0 Å². The minimum Gasteiger partial charge on any atom is -0.382 e. The number of ether oxygens (including phenoxy) is 3. The van der Waals surface area contributed by atoms with Gasteiger partial charge in [0.15, 0.2) is 0 Å². The third-order valence-electron chi connectivity index (χ3n) is 1.27. The molecule has 0 aliphatic carbocycles. The predicted molar refractivity (Wildman–Crippen MR) is 48.7 cm³/mol. The van der Waals surface area contributed by atoms with E-state index in [1.165, 1.54) is 0 Å². The normalized spacial score (nSPS) is 10.2. The third kappa shape index (κ3) is 4.07. The minimum atomic E-state index is -2.62. The summed E-state index contributed by atoms with van der Waals surface area (Å²) in [6.07, 6.45) is 0. The van der Waals surface area contributed by atoms with Crippen LogP contribution in [0.2, 0.25) is 0 Å². The molecule has 7 heteroatoms. The van der Waals surface area contributed by atoms with Gasteiger partial charge in [-0.2, -0.15) is 0 Å². The van der Waals surface area contributed by atoms with Crippen LogP contribution >= 0.6 is 0 Å². The van der Waals surface area contributed by atoms with Gasteiger partial charge in [0, 0.05) is 27.7 Å². The molecule has 0 atom stereocenters. The minimum absolute atomic E-state index is 0.933. The summed E-state index contributed by atoms with van der Waals surface area (Å²) in [5.41, 5.74) is 0. The van der Waals surface area contributed by atoms with Crippen molar-refractivity contribution < 1.29 is 33.4 Å². The molecule has 16 heavy (non-hydrogen) atoms. The van der Waals surface area contributed by atoms with Gasteiger partial charge in [-0.05, 0) is 0 Å². The smallest absolute Gasteiger partial charge is 0.382 e. The molecule has 0 rings (SSSR count). The van der Waals surface area contributed by atoms with Crippen molar-refractivity contribution in [1.29, 1.82) is 0 Å². The number of rotatable bonds is 4. The van der Waals surface area contributed by atoms with Crippen LogP contribution in [-0.4, -0.2) is 29.7 Å². The highest BCUT2D eigenvalue weighted by Gasteiger charge is 2.47. The number of esters is 3. The van der Waals surface area contributed by atoms with Gasteiger partial charge in [0.2, 0.25) is 0 Å². The van der Waals surface area contributed by atoms with Crippen molar-refractivity contribution in [2.24, 2.45) is 0 Å². The maximum absolute atomic E-state index is 11.2. The number of carbonyl (C=O) groups excluding carboxylic acids is 4. The van der Waals surface area contributed by atoms with Crippen molar-refractivity contribution >= 4 is 23.7 Å². The van der Waals surface area contributed by atoms with Crippen LogP contribution in [0.5, 0.6) is 0 Å². The summed E-state index contributed by atoms with van der Waals surface area (Å²) in [6, 6.07) is 0. The molecule has 0 saturated carbocycles. The molecule has 0 saturated heterocycles. The fraction of sp³-hybridized carbons (Fsp3) is 0.556. The van der Waals surface area contributed by atoms with Crippen LogP contribution in [0.25, 0.3) is 0 Å². The zero-order valence-corrected chi connectivity index (χ0v) is 9.36. The second-order valence-corrected chi connectivity index (χ2v) is 2.89. The molecule has 0 unspecified atom stereocenters. The molecule has 0 aromatic rings. The lowest BCUT2D eigenvalue weighted by atomic mass is 10.3. The molecule has 0 bridgehead atoms. The molecule has 0 aliphatic heterocycles. The van der Waals surface area contributed by atoms with E-state index in [4.69, 9.17) is 0 Å². The van der Waals surface area contributed by atoms with Crippen LogP contribution in [0.4, 0.5) is 0 Å². The molecule has 90 valence electrons. The Morgan fingerprint density at radius 1 is 0.688 bits per heavy atom. The Morgan fingerprint density at radius 3 is 1.06 bits per heavy atom. The standard InChI is InChI=1S/C9H12O7/c1-5(10)9(14-6(2)11,15-7(3)12)16-8(4)13/h1-4H3. The molecule has 0 spiro atoms. The Kier molecular flexibility index (Phi) is 4.61. The number of Topliss-reactive ketones (excluding diaryl/α,β-unsaturated/α-hetero) is 1. The van der Waals surface area contributed by atoms with Gasteiger partial charge in [-0.3, -0.25) is 19.2 Å². The average molecular weight is 232 g/mol. The zero-order valence-electron chi connectivity index (χ0n) is 9.36. The number of ketones is 1. The summed E-state index contributed by atoms with van der Waals surface area (Å²) in [6.45, 7) is 3.88. The van der Waals surface area contributed by atoms with Gasteiger partial charge < -0.3 is 14.2 Å². The van der Waals surface area contributed by atoms with Crippen LogP contribution in [0.3, 0.4) is 0 Å². The van der Waals surface area contributed by atoms with Crippen LogP contribution in [0.15, 0.2) is 0 Å². The Bertz CT molecular complexity index is 290. The van der Waals surface area contributed by atoms with Crippen molar-refractivity contribution in [3.63, 3.8) is 0 Å². The lowest BCUT2D eigenvalue weighted by molar-refractivity contribution is -0.307. The Hall–Kier alpha value is -1.92. The first-order chi connectivity index (χ1) is 7.19. The number of hydrogen-bond donors (Lipinski definition) is 0. The SMILES string of the molecule is CC(=O)OC(OC(C)=O)(OC(C)=O)C(C)=O. The van der Waals surface area contributed by atoms with E-state index in [1.54, 1.807) is 0 Å². The second kappa shape index (κ2) is 5.24. The van der Waals surface area contributed by atoms with Crippen molar-refractivity contribution in [3.05, 3.63) is 0 Å². The summed E-state index contributed by atoms with van der Waals surface area (Å²) < 4.78 is 13.3. The monoisotopic (exact) mass is 232 g/mol. The van der Waals surface area contributed by atoms with E-state index < -0.39 is 29.7 Å². The molecule has 0 fully saturated rings. The first kappa shape index (κ1) is 14.1. The molecule has 0 aliphatic rings. The van der Waals surface area contributed by atoms with Crippen molar-refractivity contribution in [2.45, 2.75) is 33.7 Å². The van der Waals surface area contributed by atoms with E-state index in [9.17, 15) is 19.2 Å². The molecule has 0 heterocycles. The summed E-state index contributed by atoms with van der Waals surface area (Å²) >= 11 is 0. The van der Waals surface area contributed by atoms with Crippen LogP contribution in [-0.2, 0) is 33.4 Å². The quantitative estimate of drug-likeness (QED) is 0.494. The largest absolute Gasteiger partial charge is 0.488 e. The third-order valence-corrected chi connectivity index (χ3v) is 1.27. The van der Waals surface area contributed by atoms with Gasteiger partial charge in [0.05, 0.1) is 0 Å². The summed E-state index contributed by atoms with van der Waals surface area (Å²) in [5.74, 6) is -6.36. The van der Waals surface area contributed by atoms with Crippen LogP contribution in [0.1, 0.15) is 27.7 Å². The van der Waals surface area contributed by atoms with Gasteiger partial charge in [0.1, 0.15) is 0 Å². The van der Waals surface area contributed by atoms with E-state index in [2.05, 4.69) is 14.2 Å². The van der Waals surface area contributed by atoms with E-state index >= 15 is 0 Å². The predicted octanol–water partition coefficient (Wildman–Crippen LogP) is -0.0815. The first-order valence-electron chi connectivity index (χ1n) is 4.29. The van der Waals surface area contributed by atoms with Gasteiger partial charge in [-0.1, -0.05) is 0 Å². The average Bonchev–Trinajstić information content (AvgIpc) is 1.98. The van der Waals surface area contributed by atoms with Gasteiger partial charge in [0.25, 0.3) is 5.78 Å². The van der Waals surface area contributed by atoms with E-state index in [0.29, 0.717) is 0 Å². The maximum atomic E-state index is 11.2. The Labute approximate surface area is 91.6 Å². The Balaban J connectivity index is 5.19. The summed E-state index contributed by atoms with van der Waals surface area (Å²) in [4.78, 5) is 43.5. The molecular weight excluding hydrogens is 220 g/mol. The van der Waals surface area contributed by atoms with Crippen molar-refractivity contribution in [3.8, 4) is 0 Å². The van der Waals surface area contributed by atoms with Gasteiger partial charge in [-0.25, -0.2) is 0 Å². The fourth-order valence-corrected chi connectivity index (χ4v) is 0.846. The van der Waals surface area contributed by atoms with Gasteiger partial charge in [-0.15, -0.1) is 0 Å². The number of hydrogen-bond acceptors (Lipinski definition) is 7. The van der Waals surface area contributed by atoms with Gasteiger partial charge >= 0.3 is 23.9 Å². The zero-order chi connectivity index (χ0) is 12.9. The molecule has 7 nitrogen and oxygen atoms in total. The lowest BCUT2D eigenvalue weighted by Gasteiger charge is -2.27. The molecule has 0 N–H and O–H groups in total. The topological polar surface area (TPSA) is 96.0 Å². The number of carbonyl (C=O) groups is 4. The maximum Gasteiger partial charge on any atom is 0.488 e. The fourth-order valence-electron chi connectivity index (χ4n) is 0.846. The van der Waals surface area contributed by atoms with E-state index in [0.717, 1.165) is 27.7 Å². The molecule has 0 aromatic heterocycles. The Morgan fingerprint density at radius 2 is 0.938 bits per heavy atom. The molecule has 0 aromatic carbocycles. The first-order valence-corrected chi connectivity index (χ1v) is 4.29. The van der Waals surface area contributed by atoms with Crippen molar-refractivity contribution in [1.82, 2.24) is 0 Å². The summed E-state index contributed by atoms with van der Waals surface area (Å²) in [7, 11) is 0. The highest BCUT2D eigenvalue weighted by molar-refractivity contribution is 5.88. The highest BCUT2D eigenvalue weighted by atomic mass is 16.9. The van der Waals surface area contributed by atoms with E-state index in [1.807, 2.05) is 0 Å². The van der Waals surface area contributed by atoms with E-state index in [-0.39, 0.29) is 0 Å². The second-order valence-electron chi connectivity index (χ2n) is 2.89. The highest BCUT2D eigenvalue weighted by Crippen LogP contribution is 2.18. The van der Waals surface area contributed by atoms with Crippen LogP contribution in [0, 0.1) is 0 Å². The summed E-state index contributed by atoms with van der Waals surface area (Å²) in [5, 5.41) is 0. The molecular formula is C9H12O7. The molecule has 0 amide bonds. The van der Waals surface area contributed by atoms with Crippen LogP contribution < -0.4 is 0 Å².